The van der Waals surface area contributed by atoms with Crippen molar-refractivity contribution in [2.45, 2.75) is 10.1 Å². The van der Waals surface area contributed by atoms with Gasteiger partial charge in [0.05, 0.1) is 14.2 Å². The lowest BCUT2D eigenvalue weighted by molar-refractivity contribution is -0.116. The molecule has 0 fully saturated rings. The minimum Gasteiger partial charge on any atom is -0.493 e. The van der Waals surface area contributed by atoms with Crippen molar-refractivity contribution >= 4 is 52.8 Å². The summed E-state index contributed by atoms with van der Waals surface area (Å²) < 4.78 is 10.7. The standard InChI is InChI=1S/C39H34N4O6S/c1-48-33-22-13-25(24-34(33)49-2)23-32(43-37(45)28-11-7-4-8-12-28)38(46)41-30-18-20-31(21-19-30)50-35(26-9-5-3-6-10-26)39(47)42-29-16-14-27(15-17-29)36(40)44/h3-24,35H,1-2H3,(H2,40,44)(H,41,46)(H,42,47)(H,43,45)/b32-23-. The molecule has 5 aromatic rings. The van der Waals surface area contributed by atoms with Gasteiger partial charge in [-0.15, -0.1) is 11.8 Å². The SMILES string of the molecule is COc1ccc(/C=C(\NC(=O)c2ccccc2)C(=O)Nc2ccc(SC(C(=O)Nc3ccc(C(N)=O)cc3)c3ccccc3)cc2)cc1OC. The van der Waals surface area contributed by atoms with Gasteiger partial charge in [0.25, 0.3) is 11.8 Å². The Labute approximate surface area is 293 Å². The molecule has 4 amide bonds. The van der Waals surface area contributed by atoms with Crippen molar-refractivity contribution in [3.05, 3.63) is 155 Å². The summed E-state index contributed by atoms with van der Waals surface area (Å²) in [4.78, 5) is 52.4. The summed E-state index contributed by atoms with van der Waals surface area (Å²) in [5, 5.41) is 7.88. The summed E-state index contributed by atoms with van der Waals surface area (Å²) >= 11 is 1.34. The van der Waals surface area contributed by atoms with E-state index < -0.39 is 23.0 Å². The molecule has 5 rings (SSSR count). The Bertz CT molecular complexity index is 2000. The van der Waals surface area contributed by atoms with E-state index in [0.717, 1.165) is 10.5 Å². The Morgan fingerprint density at radius 3 is 1.90 bits per heavy atom. The van der Waals surface area contributed by atoms with Crippen molar-refractivity contribution in [3.8, 4) is 11.5 Å². The van der Waals surface area contributed by atoms with Crippen LogP contribution in [0, 0.1) is 0 Å². The molecule has 0 aliphatic carbocycles. The number of hydrogen-bond acceptors (Lipinski definition) is 7. The number of amides is 4. The average molecular weight is 687 g/mol. The maximum Gasteiger partial charge on any atom is 0.272 e. The molecule has 0 aliphatic rings. The molecular weight excluding hydrogens is 653 g/mol. The molecule has 5 aromatic carbocycles. The lowest BCUT2D eigenvalue weighted by Gasteiger charge is -2.18. The van der Waals surface area contributed by atoms with E-state index in [0.29, 0.717) is 39.6 Å². The summed E-state index contributed by atoms with van der Waals surface area (Å²) in [6.07, 6.45) is 1.55. The Hall–Kier alpha value is -6.33. The second-order valence-electron chi connectivity index (χ2n) is 10.8. The van der Waals surface area contributed by atoms with Gasteiger partial charge >= 0.3 is 0 Å². The number of carbonyl (C=O) groups excluding carboxylic acids is 4. The molecule has 0 saturated heterocycles. The van der Waals surface area contributed by atoms with Gasteiger partial charge in [0, 0.05) is 27.4 Å². The monoisotopic (exact) mass is 686 g/mol. The zero-order valence-corrected chi connectivity index (χ0v) is 28.0. The van der Waals surface area contributed by atoms with E-state index in [9.17, 15) is 19.2 Å². The highest BCUT2D eigenvalue weighted by Crippen LogP contribution is 2.37. The van der Waals surface area contributed by atoms with Gasteiger partial charge in [0.1, 0.15) is 10.9 Å². The lowest BCUT2D eigenvalue weighted by atomic mass is 10.1. The topological polar surface area (TPSA) is 149 Å². The van der Waals surface area contributed by atoms with E-state index in [2.05, 4.69) is 16.0 Å². The molecule has 0 heterocycles. The molecule has 0 spiro atoms. The summed E-state index contributed by atoms with van der Waals surface area (Å²) in [6, 6.07) is 36.4. The molecule has 1 unspecified atom stereocenters. The highest BCUT2D eigenvalue weighted by atomic mass is 32.2. The van der Waals surface area contributed by atoms with Gasteiger partial charge in [-0.2, -0.15) is 0 Å². The van der Waals surface area contributed by atoms with Crippen LogP contribution in [0.1, 0.15) is 37.1 Å². The van der Waals surface area contributed by atoms with E-state index >= 15 is 0 Å². The minimum absolute atomic E-state index is 0.00852. The third-order valence-electron chi connectivity index (χ3n) is 7.39. The molecule has 252 valence electrons. The third kappa shape index (κ3) is 9.18. The van der Waals surface area contributed by atoms with Crippen molar-refractivity contribution in [1.29, 1.82) is 0 Å². The second-order valence-corrected chi connectivity index (χ2v) is 12.0. The number of anilines is 2. The first-order chi connectivity index (χ1) is 24.2. The first-order valence-electron chi connectivity index (χ1n) is 15.4. The fourth-order valence-corrected chi connectivity index (χ4v) is 5.85. The molecule has 0 aliphatic heterocycles. The van der Waals surface area contributed by atoms with E-state index in [4.69, 9.17) is 15.2 Å². The van der Waals surface area contributed by atoms with Gasteiger partial charge in [-0.25, -0.2) is 0 Å². The van der Waals surface area contributed by atoms with Crippen LogP contribution in [0.25, 0.3) is 6.08 Å². The highest BCUT2D eigenvalue weighted by Gasteiger charge is 2.23. The van der Waals surface area contributed by atoms with Gasteiger partial charge in [-0.3, -0.25) is 19.2 Å². The van der Waals surface area contributed by atoms with E-state index in [1.54, 1.807) is 103 Å². The summed E-state index contributed by atoms with van der Waals surface area (Å²) in [5.41, 5.74) is 8.46. The fraction of sp³-hybridized carbons (Fsp3) is 0.0769. The summed E-state index contributed by atoms with van der Waals surface area (Å²) in [5.74, 6) is -0.826. The Morgan fingerprint density at radius 1 is 0.680 bits per heavy atom. The number of rotatable bonds is 13. The molecule has 0 bridgehead atoms. The van der Waals surface area contributed by atoms with Crippen LogP contribution in [0.5, 0.6) is 11.5 Å². The number of hydrogen-bond donors (Lipinski definition) is 4. The predicted octanol–water partition coefficient (Wildman–Crippen LogP) is 6.68. The van der Waals surface area contributed by atoms with Gasteiger partial charge in [-0.05, 0) is 90.0 Å². The van der Waals surface area contributed by atoms with Gasteiger partial charge in [-0.1, -0.05) is 54.6 Å². The predicted molar refractivity (Wildman–Crippen MR) is 195 cm³/mol. The molecule has 11 heteroatoms. The number of thioether (sulfide) groups is 1. The van der Waals surface area contributed by atoms with Crippen LogP contribution in [-0.2, 0) is 9.59 Å². The van der Waals surface area contributed by atoms with Gasteiger partial charge < -0.3 is 31.2 Å². The number of nitrogens with two attached hydrogens (primary N) is 1. The molecule has 1 atom stereocenters. The molecule has 0 aromatic heterocycles. The third-order valence-corrected chi connectivity index (χ3v) is 8.66. The molecule has 0 radical (unpaired) electrons. The zero-order chi connectivity index (χ0) is 35.5. The normalized spacial score (nSPS) is 11.5. The van der Waals surface area contributed by atoms with Crippen molar-refractivity contribution in [1.82, 2.24) is 5.32 Å². The van der Waals surface area contributed by atoms with Crippen LogP contribution in [0.3, 0.4) is 0 Å². The average Bonchev–Trinajstić information content (AvgIpc) is 3.15. The van der Waals surface area contributed by atoms with Crippen LogP contribution < -0.4 is 31.2 Å². The smallest absolute Gasteiger partial charge is 0.272 e. The molecule has 50 heavy (non-hydrogen) atoms. The molecule has 5 N–H and O–H groups in total. The summed E-state index contributed by atoms with van der Waals surface area (Å²) in [7, 11) is 3.04. The molecule has 10 nitrogen and oxygen atoms in total. The van der Waals surface area contributed by atoms with Crippen LogP contribution >= 0.6 is 11.8 Å². The van der Waals surface area contributed by atoms with Gasteiger partial charge in [0.15, 0.2) is 11.5 Å². The number of ether oxygens (including phenoxy) is 2. The van der Waals surface area contributed by atoms with Gasteiger partial charge in [0.2, 0.25) is 11.8 Å². The van der Waals surface area contributed by atoms with Crippen molar-refractivity contribution < 1.29 is 28.7 Å². The maximum atomic E-state index is 13.6. The Kier molecular flexibility index (Phi) is 11.7. The van der Waals surface area contributed by atoms with Crippen LogP contribution in [0.4, 0.5) is 11.4 Å². The van der Waals surface area contributed by atoms with Crippen molar-refractivity contribution in [3.63, 3.8) is 0 Å². The Morgan fingerprint density at radius 2 is 1.28 bits per heavy atom. The number of nitrogens with one attached hydrogen (secondary N) is 3. The van der Waals surface area contributed by atoms with Crippen LogP contribution in [0.2, 0.25) is 0 Å². The lowest BCUT2D eigenvalue weighted by Crippen LogP contribution is -2.30. The Balaban J connectivity index is 1.34. The van der Waals surface area contributed by atoms with Crippen LogP contribution in [-0.4, -0.2) is 37.8 Å². The first kappa shape index (κ1) is 35.0. The number of primary amides is 1. The fourth-order valence-electron chi connectivity index (χ4n) is 4.83. The number of benzene rings is 5. The quantitative estimate of drug-likeness (QED) is 0.0797. The minimum atomic E-state index is -0.614. The first-order valence-corrected chi connectivity index (χ1v) is 16.3. The zero-order valence-electron chi connectivity index (χ0n) is 27.2. The van der Waals surface area contributed by atoms with E-state index in [1.165, 1.54) is 26.0 Å². The molecular formula is C39H34N4O6S. The van der Waals surface area contributed by atoms with E-state index in [-0.39, 0.29) is 11.6 Å². The van der Waals surface area contributed by atoms with Crippen molar-refractivity contribution in [2.24, 2.45) is 5.73 Å². The second kappa shape index (κ2) is 16.7. The number of methoxy groups -OCH3 is 2. The number of carbonyl (C=O) groups is 4. The van der Waals surface area contributed by atoms with Crippen LogP contribution in [0.15, 0.2) is 138 Å². The van der Waals surface area contributed by atoms with E-state index in [1.807, 2.05) is 30.3 Å². The van der Waals surface area contributed by atoms with Crippen molar-refractivity contribution in [2.75, 3.05) is 24.9 Å². The molecule has 0 saturated carbocycles. The highest BCUT2D eigenvalue weighted by molar-refractivity contribution is 8.00. The summed E-state index contributed by atoms with van der Waals surface area (Å²) in [6.45, 7) is 0. The maximum absolute atomic E-state index is 13.6. The largest absolute Gasteiger partial charge is 0.493 e.